The van der Waals surface area contributed by atoms with Crippen molar-refractivity contribution in [1.82, 2.24) is 0 Å². The van der Waals surface area contributed by atoms with Gasteiger partial charge in [-0.05, 0) is 32.6 Å². The van der Waals surface area contributed by atoms with E-state index in [1.807, 2.05) is 0 Å². The van der Waals surface area contributed by atoms with Crippen LogP contribution in [0.3, 0.4) is 0 Å². The summed E-state index contributed by atoms with van der Waals surface area (Å²) in [6, 6.07) is 0. The average Bonchev–Trinajstić information content (AvgIpc) is 2.00. The lowest BCUT2D eigenvalue weighted by Gasteiger charge is -2.24. The molecule has 0 aliphatic rings. The fraction of sp³-hybridized carbons (Fsp3) is 1.00. The highest BCUT2D eigenvalue weighted by molar-refractivity contribution is 5.98. The Morgan fingerprint density at radius 3 is 2.36 bits per heavy atom. The molecule has 0 amide bonds. The van der Waals surface area contributed by atoms with Gasteiger partial charge >= 0.3 is 0 Å². The highest BCUT2D eigenvalue weighted by Crippen LogP contribution is 2.20. The normalized spacial score (nSPS) is 15.3. The molecule has 0 aliphatic heterocycles. The molecule has 2 heteroatoms. The Morgan fingerprint density at radius 1 is 1.45 bits per heavy atom. The molecule has 0 spiro atoms. The highest BCUT2D eigenvalue weighted by atomic mass is 28.2. The van der Waals surface area contributed by atoms with Crippen molar-refractivity contribution >= 4 is 10.5 Å². The maximum Gasteiger partial charge on any atom is 0.146 e. The summed E-state index contributed by atoms with van der Waals surface area (Å²) < 4.78 is 5.47. The van der Waals surface area contributed by atoms with Gasteiger partial charge in [0.25, 0.3) is 0 Å². The number of hydrogen-bond acceptors (Lipinski definition) is 1. The van der Waals surface area contributed by atoms with Crippen molar-refractivity contribution in [2.75, 3.05) is 0 Å². The van der Waals surface area contributed by atoms with Gasteiger partial charge in [0.15, 0.2) is 0 Å². The Kier molecular flexibility index (Phi) is 5.02. The second-order valence-electron chi connectivity index (χ2n) is 4.02. The van der Waals surface area contributed by atoms with Crippen molar-refractivity contribution in [1.29, 1.82) is 0 Å². The van der Waals surface area contributed by atoms with E-state index < -0.39 is 0 Å². The third kappa shape index (κ3) is 5.45. The fourth-order valence-electron chi connectivity index (χ4n) is 0.900. The number of rotatable bonds is 5. The molecular formula is C9H22OSi. The zero-order chi connectivity index (χ0) is 8.91. The summed E-state index contributed by atoms with van der Waals surface area (Å²) in [4.78, 5) is 0. The smallest absolute Gasteiger partial charge is 0.146 e. The zero-order valence-corrected chi connectivity index (χ0v) is 10.6. The molecule has 0 radical (unpaired) electrons. The first-order valence-corrected chi connectivity index (χ1v) is 5.38. The second kappa shape index (κ2) is 4.94. The summed E-state index contributed by atoms with van der Waals surface area (Å²) in [7, 11) is 0.859. The lowest BCUT2D eigenvalue weighted by molar-refractivity contribution is 0.104. The van der Waals surface area contributed by atoms with E-state index in [-0.39, 0.29) is 5.60 Å². The van der Waals surface area contributed by atoms with Crippen LogP contribution in [0.25, 0.3) is 0 Å². The van der Waals surface area contributed by atoms with Gasteiger partial charge < -0.3 is 4.43 Å². The summed E-state index contributed by atoms with van der Waals surface area (Å²) in [5, 5.41) is 0. The lowest BCUT2D eigenvalue weighted by Crippen LogP contribution is -2.23. The second-order valence-corrected chi connectivity index (χ2v) is 4.42. The van der Waals surface area contributed by atoms with Crippen molar-refractivity contribution in [3.05, 3.63) is 0 Å². The Hall–Kier alpha value is 0.177. The largest absolute Gasteiger partial charge is 0.423 e. The minimum absolute atomic E-state index is 0.135. The summed E-state index contributed by atoms with van der Waals surface area (Å²) >= 11 is 0. The Bertz CT molecular complexity index is 102. The van der Waals surface area contributed by atoms with Crippen LogP contribution in [0.2, 0.25) is 0 Å². The molecule has 1 unspecified atom stereocenters. The maximum atomic E-state index is 5.47. The lowest BCUT2D eigenvalue weighted by atomic mass is 9.95. The van der Waals surface area contributed by atoms with E-state index in [1.165, 1.54) is 19.3 Å². The van der Waals surface area contributed by atoms with Crippen LogP contribution in [-0.2, 0) is 4.43 Å². The van der Waals surface area contributed by atoms with Crippen LogP contribution >= 0.6 is 0 Å². The summed E-state index contributed by atoms with van der Waals surface area (Å²) in [6.07, 6.45) is 3.79. The van der Waals surface area contributed by atoms with Crippen molar-refractivity contribution in [3.63, 3.8) is 0 Å². The molecular weight excluding hydrogens is 152 g/mol. The Labute approximate surface area is 74.1 Å². The SMILES string of the molecule is CCC(C)CCC(C)(C)O[SiH3]. The quantitative estimate of drug-likeness (QED) is 0.578. The van der Waals surface area contributed by atoms with E-state index in [9.17, 15) is 0 Å². The van der Waals surface area contributed by atoms with Crippen LogP contribution in [0, 0.1) is 5.92 Å². The molecule has 1 nitrogen and oxygen atoms in total. The first-order chi connectivity index (χ1) is 5.02. The van der Waals surface area contributed by atoms with E-state index in [1.54, 1.807) is 0 Å². The molecule has 0 rings (SSSR count). The third-order valence-electron chi connectivity index (χ3n) is 2.49. The van der Waals surface area contributed by atoms with E-state index in [0.29, 0.717) is 0 Å². The molecule has 0 aromatic heterocycles. The summed E-state index contributed by atoms with van der Waals surface area (Å²) in [5.41, 5.74) is 0.135. The van der Waals surface area contributed by atoms with E-state index in [2.05, 4.69) is 27.7 Å². The maximum absolute atomic E-state index is 5.47. The number of hydrogen-bond donors (Lipinski definition) is 0. The van der Waals surface area contributed by atoms with Crippen molar-refractivity contribution in [2.45, 2.75) is 52.6 Å². The van der Waals surface area contributed by atoms with Gasteiger partial charge in [-0.15, -0.1) is 0 Å². The molecule has 0 saturated carbocycles. The van der Waals surface area contributed by atoms with Crippen LogP contribution < -0.4 is 0 Å². The van der Waals surface area contributed by atoms with Gasteiger partial charge in [0.1, 0.15) is 10.5 Å². The highest BCUT2D eigenvalue weighted by Gasteiger charge is 2.15. The van der Waals surface area contributed by atoms with Crippen molar-refractivity contribution < 1.29 is 4.43 Å². The molecule has 0 aromatic carbocycles. The molecule has 0 heterocycles. The minimum atomic E-state index is 0.135. The van der Waals surface area contributed by atoms with Crippen LogP contribution in [0.4, 0.5) is 0 Å². The Balaban J connectivity index is 3.52. The van der Waals surface area contributed by atoms with Gasteiger partial charge in [0.05, 0.1) is 0 Å². The molecule has 0 aromatic rings. The van der Waals surface area contributed by atoms with Gasteiger partial charge in [0, 0.05) is 5.60 Å². The van der Waals surface area contributed by atoms with Crippen molar-refractivity contribution in [3.8, 4) is 0 Å². The third-order valence-corrected chi connectivity index (χ3v) is 3.59. The van der Waals surface area contributed by atoms with Gasteiger partial charge in [-0.1, -0.05) is 20.3 Å². The molecule has 0 aliphatic carbocycles. The summed E-state index contributed by atoms with van der Waals surface area (Å²) in [5.74, 6) is 0.853. The standard InChI is InChI=1S/C9H22OSi/c1-5-8(2)6-7-9(3,4)10-11/h8H,5-7H2,1-4,11H3. The average molecular weight is 174 g/mol. The minimum Gasteiger partial charge on any atom is -0.423 e. The molecule has 0 bridgehead atoms. The molecule has 11 heavy (non-hydrogen) atoms. The molecule has 0 N–H and O–H groups in total. The van der Waals surface area contributed by atoms with Crippen molar-refractivity contribution in [2.24, 2.45) is 5.92 Å². The summed E-state index contributed by atoms with van der Waals surface area (Å²) in [6.45, 7) is 8.92. The van der Waals surface area contributed by atoms with E-state index in [0.717, 1.165) is 16.4 Å². The van der Waals surface area contributed by atoms with Crippen LogP contribution in [0.15, 0.2) is 0 Å². The topological polar surface area (TPSA) is 9.23 Å². The van der Waals surface area contributed by atoms with Gasteiger partial charge in [-0.2, -0.15) is 0 Å². The van der Waals surface area contributed by atoms with Crippen LogP contribution in [0.5, 0.6) is 0 Å². The van der Waals surface area contributed by atoms with Gasteiger partial charge in [-0.25, -0.2) is 0 Å². The van der Waals surface area contributed by atoms with Crippen LogP contribution in [0.1, 0.15) is 47.0 Å². The van der Waals surface area contributed by atoms with Gasteiger partial charge in [-0.3, -0.25) is 0 Å². The Morgan fingerprint density at radius 2 is 2.00 bits per heavy atom. The van der Waals surface area contributed by atoms with E-state index >= 15 is 0 Å². The molecule has 68 valence electrons. The van der Waals surface area contributed by atoms with E-state index in [4.69, 9.17) is 4.43 Å². The predicted molar refractivity (Wildman–Crippen MR) is 53.8 cm³/mol. The molecule has 1 atom stereocenters. The van der Waals surface area contributed by atoms with Crippen LogP contribution in [-0.4, -0.2) is 16.1 Å². The predicted octanol–water partition coefficient (Wildman–Crippen LogP) is 1.89. The monoisotopic (exact) mass is 174 g/mol. The first-order valence-electron chi connectivity index (χ1n) is 4.57. The first kappa shape index (κ1) is 11.2. The fourth-order valence-corrected chi connectivity index (χ4v) is 1.10. The molecule has 0 saturated heterocycles. The zero-order valence-electron chi connectivity index (χ0n) is 8.61. The molecule has 0 fully saturated rings. The van der Waals surface area contributed by atoms with Gasteiger partial charge in [0.2, 0.25) is 0 Å².